The third kappa shape index (κ3) is 7.34. The fourth-order valence-corrected chi connectivity index (χ4v) is 3.17. The molecular formula is C20H34N4O. The molecule has 140 valence electrons. The quantitative estimate of drug-likeness (QED) is 0.561. The van der Waals surface area contributed by atoms with E-state index in [1.165, 1.54) is 37.9 Å². The SMILES string of the molecule is CCNC(=NCCC1CCN(C)CC1)NCCc1ccc(OC)cc1. The number of methoxy groups -OCH3 is 1. The number of nitrogens with zero attached hydrogens (tertiary/aromatic N) is 2. The van der Waals surface area contributed by atoms with Crippen molar-refractivity contribution < 1.29 is 4.74 Å². The minimum absolute atomic E-state index is 0.835. The maximum atomic E-state index is 5.20. The van der Waals surface area contributed by atoms with Crippen molar-refractivity contribution in [1.82, 2.24) is 15.5 Å². The Hall–Kier alpha value is -1.75. The summed E-state index contributed by atoms with van der Waals surface area (Å²) in [6.07, 6.45) is 4.80. The van der Waals surface area contributed by atoms with E-state index in [-0.39, 0.29) is 0 Å². The summed E-state index contributed by atoms with van der Waals surface area (Å²) in [5.74, 6) is 2.67. The Morgan fingerprint density at radius 3 is 2.56 bits per heavy atom. The van der Waals surface area contributed by atoms with E-state index in [0.717, 1.165) is 43.7 Å². The molecule has 1 aliphatic rings. The van der Waals surface area contributed by atoms with Crippen molar-refractivity contribution in [1.29, 1.82) is 0 Å². The van der Waals surface area contributed by atoms with Crippen LogP contribution in [0.4, 0.5) is 0 Å². The number of likely N-dealkylation sites (tertiary alicyclic amines) is 1. The molecule has 0 spiro atoms. The monoisotopic (exact) mass is 346 g/mol. The van der Waals surface area contributed by atoms with Gasteiger partial charge < -0.3 is 20.3 Å². The van der Waals surface area contributed by atoms with Gasteiger partial charge in [0.05, 0.1) is 7.11 Å². The smallest absolute Gasteiger partial charge is 0.191 e. The Morgan fingerprint density at radius 1 is 1.20 bits per heavy atom. The van der Waals surface area contributed by atoms with Gasteiger partial charge in [-0.25, -0.2) is 0 Å². The zero-order valence-electron chi connectivity index (χ0n) is 16.1. The molecule has 1 aliphatic heterocycles. The number of rotatable bonds is 8. The van der Waals surface area contributed by atoms with E-state index in [2.05, 4.69) is 41.6 Å². The molecule has 0 aromatic heterocycles. The van der Waals surface area contributed by atoms with Crippen LogP contribution in [0.1, 0.15) is 31.7 Å². The summed E-state index contributed by atoms with van der Waals surface area (Å²) in [4.78, 5) is 7.17. The number of hydrogen-bond donors (Lipinski definition) is 2. The van der Waals surface area contributed by atoms with Crippen molar-refractivity contribution in [2.45, 2.75) is 32.6 Å². The first kappa shape index (κ1) is 19.6. The zero-order chi connectivity index (χ0) is 17.9. The van der Waals surface area contributed by atoms with Gasteiger partial charge in [-0.2, -0.15) is 0 Å². The van der Waals surface area contributed by atoms with Gasteiger partial charge in [-0.15, -0.1) is 0 Å². The van der Waals surface area contributed by atoms with E-state index in [4.69, 9.17) is 9.73 Å². The molecule has 0 saturated carbocycles. The maximum Gasteiger partial charge on any atom is 0.191 e. The number of benzene rings is 1. The molecule has 5 heteroatoms. The van der Waals surface area contributed by atoms with Crippen LogP contribution in [0.15, 0.2) is 29.3 Å². The third-order valence-electron chi connectivity index (χ3n) is 4.85. The first-order chi connectivity index (χ1) is 12.2. The molecule has 0 bridgehead atoms. The van der Waals surface area contributed by atoms with Crippen molar-refractivity contribution in [3.05, 3.63) is 29.8 Å². The highest BCUT2D eigenvalue weighted by molar-refractivity contribution is 5.79. The van der Waals surface area contributed by atoms with Gasteiger partial charge in [0, 0.05) is 19.6 Å². The summed E-state index contributed by atoms with van der Waals surface area (Å²) in [6.45, 7) is 7.25. The largest absolute Gasteiger partial charge is 0.497 e. The fraction of sp³-hybridized carbons (Fsp3) is 0.650. The van der Waals surface area contributed by atoms with E-state index in [1.54, 1.807) is 7.11 Å². The average Bonchev–Trinajstić information content (AvgIpc) is 2.64. The summed E-state index contributed by atoms with van der Waals surface area (Å²) in [5, 5.41) is 6.78. The van der Waals surface area contributed by atoms with E-state index < -0.39 is 0 Å². The highest BCUT2D eigenvalue weighted by Crippen LogP contribution is 2.19. The Kier molecular flexibility index (Phi) is 8.60. The second kappa shape index (κ2) is 11.0. The highest BCUT2D eigenvalue weighted by atomic mass is 16.5. The van der Waals surface area contributed by atoms with Gasteiger partial charge in [-0.1, -0.05) is 12.1 Å². The van der Waals surface area contributed by atoms with Crippen LogP contribution in [-0.2, 0) is 6.42 Å². The molecule has 0 unspecified atom stereocenters. The van der Waals surface area contributed by atoms with Gasteiger partial charge in [-0.05, 0) is 76.4 Å². The van der Waals surface area contributed by atoms with Gasteiger partial charge in [0.15, 0.2) is 5.96 Å². The number of hydrogen-bond acceptors (Lipinski definition) is 3. The molecule has 1 heterocycles. The topological polar surface area (TPSA) is 48.9 Å². The van der Waals surface area contributed by atoms with Gasteiger partial charge in [0.2, 0.25) is 0 Å². The lowest BCUT2D eigenvalue weighted by molar-refractivity contribution is 0.214. The third-order valence-corrected chi connectivity index (χ3v) is 4.85. The second-order valence-corrected chi connectivity index (χ2v) is 6.82. The van der Waals surface area contributed by atoms with Gasteiger partial charge in [0.25, 0.3) is 0 Å². The van der Waals surface area contributed by atoms with E-state index in [9.17, 15) is 0 Å². The van der Waals surface area contributed by atoms with Crippen LogP contribution in [0, 0.1) is 5.92 Å². The van der Waals surface area contributed by atoms with Crippen molar-refractivity contribution in [2.75, 3.05) is 46.9 Å². The molecule has 1 aromatic rings. The van der Waals surface area contributed by atoms with Crippen LogP contribution in [0.3, 0.4) is 0 Å². The maximum absolute atomic E-state index is 5.20. The molecule has 0 amide bonds. The standard InChI is InChI=1S/C20H34N4O/c1-4-21-20(23-14-10-18-11-15-24(2)16-12-18)22-13-9-17-5-7-19(25-3)8-6-17/h5-8,18H,4,9-16H2,1-3H3,(H2,21,22,23). The van der Waals surface area contributed by atoms with Crippen molar-refractivity contribution in [2.24, 2.45) is 10.9 Å². The Morgan fingerprint density at radius 2 is 1.92 bits per heavy atom. The highest BCUT2D eigenvalue weighted by Gasteiger charge is 2.15. The number of piperidine rings is 1. The predicted molar refractivity (Wildman–Crippen MR) is 106 cm³/mol. The Bertz CT molecular complexity index is 507. The Balaban J connectivity index is 1.71. The zero-order valence-corrected chi connectivity index (χ0v) is 16.1. The number of aliphatic imine (C=N–C) groups is 1. The summed E-state index contributed by atoms with van der Waals surface area (Å²) in [6, 6.07) is 8.25. The van der Waals surface area contributed by atoms with Gasteiger partial charge >= 0.3 is 0 Å². The molecule has 1 fully saturated rings. The minimum Gasteiger partial charge on any atom is -0.497 e. The lowest BCUT2D eigenvalue weighted by Crippen LogP contribution is -2.38. The molecule has 0 atom stereocenters. The average molecular weight is 347 g/mol. The van der Waals surface area contributed by atoms with Crippen LogP contribution >= 0.6 is 0 Å². The van der Waals surface area contributed by atoms with Crippen molar-refractivity contribution in [3.63, 3.8) is 0 Å². The normalized spacial score (nSPS) is 16.7. The lowest BCUT2D eigenvalue weighted by Gasteiger charge is -2.28. The van der Waals surface area contributed by atoms with Crippen LogP contribution in [-0.4, -0.2) is 57.7 Å². The number of nitrogens with one attached hydrogen (secondary N) is 2. The van der Waals surface area contributed by atoms with E-state index in [0.29, 0.717) is 0 Å². The van der Waals surface area contributed by atoms with E-state index in [1.807, 2.05) is 12.1 Å². The lowest BCUT2D eigenvalue weighted by atomic mass is 9.94. The predicted octanol–water partition coefficient (Wildman–Crippen LogP) is 2.52. The molecule has 0 aliphatic carbocycles. The fourth-order valence-electron chi connectivity index (χ4n) is 3.17. The van der Waals surface area contributed by atoms with Crippen LogP contribution in [0.25, 0.3) is 0 Å². The van der Waals surface area contributed by atoms with Crippen molar-refractivity contribution >= 4 is 5.96 Å². The molecule has 0 radical (unpaired) electrons. The van der Waals surface area contributed by atoms with Crippen LogP contribution in [0.2, 0.25) is 0 Å². The number of ether oxygens (including phenoxy) is 1. The molecule has 5 nitrogen and oxygen atoms in total. The van der Waals surface area contributed by atoms with Crippen LogP contribution < -0.4 is 15.4 Å². The molecule has 2 N–H and O–H groups in total. The van der Waals surface area contributed by atoms with E-state index >= 15 is 0 Å². The summed E-state index contributed by atoms with van der Waals surface area (Å²) in [5.41, 5.74) is 1.30. The summed E-state index contributed by atoms with van der Waals surface area (Å²) in [7, 11) is 3.91. The second-order valence-electron chi connectivity index (χ2n) is 6.82. The molecule has 1 aromatic carbocycles. The number of guanidine groups is 1. The molecule has 1 saturated heterocycles. The van der Waals surface area contributed by atoms with Crippen LogP contribution in [0.5, 0.6) is 5.75 Å². The van der Waals surface area contributed by atoms with Gasteiger partial charge in [0.1, 0.15) is 5.75 Å². The first-order valence-electron chi connectivity index (χ1n) is 9.55. The first-order valence-corrected chi connectivity index (χ1v) is 9.55. The minimum atomic E-state index is 0.835. The van der Waals surface area contributed by atoms with Crippen molar-refractivity contribution in [3.8, 4) is 5.75 Å². The molecular weight excluding hydrogens is 312 g/mol. The molecule has 2 rings (SSSR count). The Labute approximate surface area is 152 Å². The van der Waals surface area contributed by atoms with Gasteiger partial charge in [-0.3, -0.25) is 4.99 Å². The molecule has 25 heavy (non-hydrogen) atoms. The summed E-state index contributed by atoms with van der Waals surface area (Å²) < 4.78 is 5.20. The summed E-state index contributed by atoms with van der Waals surface area (Å²) >= 11 is 0.